The van der Waals surface area contributed by atoms with E-state index in [4.69, 9.17) is 0 Å². The number of amides is 2. The lowest BCUT2D eigenvalue weighted by molar-refractivity contribution is -0.139. The Morgan fingerprint density at radius 3 is 1.21 bits per heavy atom. The van der Waals surface area contributed by atoms with E-state index in [2.05, 4.69) is 126 Å². The van der Waals surface area contributed by atoms with E-state index in [1.807, 2.05) is 0 Å². The molecular formula is C37H40N2O2Si2. The Balaban J connectivity index is 1.35. The molecule has 1 aliphatic carbocycles. The van der Waals surface area contributed by atoms with E-state index in [9.17, 15) is 9.59 Å². The number of rotatable bonds is 8. The van der Waals surface area contributed by atoms with Crippen LogP contribution in [-0.4, -0.2) is 50.5 Å². The van der Waals surface area contributed by atoms with Crippen molar-refractivity contribution in [2.45, 2.75) is 44.2 Å². The fourth-order valence-electron chi connectivity index (χ4n) is 8.57. The van der Waals surface area contributed by atoms with Crippen molar-refractivity contribution in [1.82, 2.24) is 9.13 Å². The van der Waals surface area contributed by atoms with Gasteiger partial charge in [-0.1, -0.05) is 134 Å². The molecule has 2 aliphatic heterocycles. The molecule has 2 atom stereocenters. The van der Waals surface area contributed by atoms with E-state index in [0.29, 0.717) is 6.54 Å². The van der Waals surface area contributed by atoms with Crippen LogP contribution >= 0.6 is 0 Å². The molecule has 2 heterocycles. The second-order valence-corrected chi connectivity index (χ2v) is 20.8. The number of nitrogens with zero attached hydrogens (tertiary/aromatic N) is 2. The molecule has 0 radical (unpaired) electrons. The fourth-order valence-corrected chi connectivity index (χ4v) is 24.0. The van der Waals surface area contributed by atoms with Gasteiger partial charge in [0.2, 0.25) is 11.8 Å². The van der Waals surface area contributed by atoms with E-state index in [1.54, 1.807) is 4.90 Å². The molecule has 0 spiro atoms. The number of imide groups is 1. The van der Waals surface area contributed by atoms with Crippen molar-refractivity contribution in [3.63, 3.8) is 0 Å². The largest absolute Gasteiger partial charge is 0.331 e. The molecule has 7 rings (SSSR count). The first-order valence-electron chi connectivity index (χ1n) is 16.0. The van der Waals surface area contributed by atoms with Crippen LogP contribution in [-0.2, 0) is 9.59 Å². The van der Waals surface area contributed by atoms with Gasteiger partial charge in [0.1, 0.15) is 0 Å². The molecule has 0 N–H and O–H groups in total. The highest BCUT2D eigenvalue weighted by Crippen LogP contribution is 2.39. The number of fused-ring (bicyclic) bond motifs is 1. The number of hydrogen-bond donors (Lipinski definition) is 0. The SMILES string of the molecule is O=C1C2CCCCC2C(=O)N1CCCN1[Si](c2ccccc2)(c2ccccc2)CC[Si]1(c1ccccc1)c1ccccc1. The molecule has 2 saturated heterocycles. The predicted molar refractivity (Wildman–Crippen MR) is 179 cm³/mol. The summed E-state index contributed by atoms with van der Waals surface area (Å²) in [6.45, 7) is 1.38. The molecule has 3 aliphatic rings. The van der Waals surface area contributed by atoms with E-state index >= 15 is 0 Å². The van der Waals surface area contributed by atoms with Crippen LogP contribution in [0.5, 0.6) is 0 Å². The monoisotopic (exact) mass is 600 g/mol. The van der Waals surface area contributed by atoms with Crippen LogP contribution in [0.25, 0.3) is 0 Å². The minimum atomic E-state index is -2.45. The second-order valence-electron chi connectivity index (χ2n) is 12.5. The Morgan fingerprint density at radius 1 is 0.512 bits per heavy atom. The van der Waals surface area contributed by atoms with Crippen molar-refractivity contribution >= 4 is 49.0 Å². The van der Waals surface area contributed by atoms with Gasteiger partial charge in [0, 0.05) is 6.54 Å². The van der Waals surface area contributed by atoms with Gasteiger partial charge in [-0.05, 0) is 58.6 Å². The molecule has 4 aromatic rings. The lowest BCUT2D eigenvalue weighted by atomic mass is 9.81. The lowest BCUT2D eigenvalue weighted by Gasteiger charge is -2.47. The van der Waals surface area contributed by atoms with Crippen LogP contribution in [0, 0.1) is 11.8 Å². The van der Waals surface area contributed by atoms with Gasteiger partial charge in [-0.25, -0.2) is 0 Å². The summed E-state index contributed by atoms with van der Waals surface area (Å²) in [4.78, 5) is 28.5. The maximum atomic E-state index is 13.4. The summed E-state index contributed by atoms with van der Waals surface area (Å²) in [5, 5.41) is 5.78. The Hall–Kier alpha value is -3.59. The topological polar surface area (TPSA) is 40.6 Å². The third kappa shape index (κ3) is 4.67. The number of likely N-dealkylation sites (tertiary alicyclic amines) is 1. The molecule has 0 aromatic heterocycles. The van der Waals surface area contributed by atoms with Gasteiger partial charge < -0.3 is 4.23 Å². The lowest BCUT2D eigenvalue weighted by Crippen LogP contribution is -2.78. The molecule has 3 fully saturated rings. The molecule has 6 heteroatoms. The van der Waals surface area contributed by atoms with Crippen LogP contribution < -0.4 is 20.7 Å². The maximum absolute atomic E-state index is 13.4. The zero-order chi connectivity index (χ0) is 29.3. The Kier molecular flexibility index (Phi) is 7.76. The quantitative estimate of drug-likeness (QED) is 0.223. The summed E-state index contributed by atoms with van der Waals surface area (Å²) in [6.07, 6.45) is 4.65. The van der Waals surface area contributed by atoms with Gasteiger partial charge in [0.25, 0.3) is 0 Å². The zero-order valence-electron chi connectivity index (χ0n) is 24.8. The highest BCUT2D eigenvalue weighted by molar-refractivity contribution is 7.17. The smallest absolute Gasteiger partial charge is 0.233 e. The van der Waals surface area contributed by atoms with E-state index < -0.39 is 16.5 Å². The van der Waals surface area contributed by atoms with Crippen LogP contribution in [0.4, 0.5) is 0 Å². The number of carbonyl (C=O) groups is 2. The standard InChI is InChI=1S/C37H40N2O2Si2/c40-36-34-24-13-14-25-35(34)37(41)38(36)26-15-27-39-42(30-16-5-1-6-17-30,31-18-7-2-8-19-31)28-29-43(39,32-20-9-3-10-21-32)33-22-11-4-12-23-33/h1-12,16-23,34-35H,13-15,24-29H2. The summed E-state index contributed by atoms with van der Waals surface area (Å²) in [5.74, 6) is -0.00441. The average molecular weight is 601 g/mol. The summed E-state index contributed by atoms with van der Waals surface area (Å²) in [5.41, 5.74) is 0. The Bertz CT molecular complexity index is 1370. The summed E-state index contributed by atoms with van der Waals surface area (Å²) in [6, 6.07) is 47.2. The minimum absolute atomic E-state index is 0.0837. The zero-order valence-corrected chi connectivity index (χ0v) is 26.8. The minimum Gasteiger partial charge on any atom is -0.331 e. The van der Waals surface area contributed by atoms with Crippen molar-refractivity contribution in [3.05, 3.63) is 121 Å². The first-order valence-corrected chi connectivity index (χ1v) is 20.3. The average Bonchev–Trinajstić information content (AvgIpc) is 3.56. The van der Waals surface area contributed by atoms with Gasteiger partial charge in [0.05, 0.1) is 11.8 Å². The van der Waals surface area contributed by atoms with E-state index in [0.717, 1.165) is 50.7 Å². The molecule has 218 valence electrons. The Labute approximate surface area is 257 Å². The van der Waals surface area contributed by atoms with Gasteiger partial charge >= 0.3 is 0 Å². The molecular weight excluding hydrogens is 561 g/mol. The highest BCUT2D eigenvalue weighted by atomic mass is 28.4. The molecule has 2 amide bonds. The molecule has 4 aromatic carbocycles. The molecule has 2 unspecified atom stereocenters. The first kappa shape index (κ1) is 28.2. The van der Waals surface area contributed by atoms with Crippen LogP contribution in [0.15, 0.2) is 121 Å². The predicted octanol–water partition coefficient (Wildman–Crippen LogP) is 4.39. The van der Waals surface area contributed by atoms with Crippen LogP contribution in [0.2, 0.25) is 12.1 Å². The van der Waals surface area contributed by atoms with Crippen molar-refractivity contribution in [3.8, 4) is 0 Å². The van der Waals surface area contributed by atoms with Gasteiger partial charge in [-0.15, -0.1) is 0 Å². The normalized spacial score (nSPS) is 22.9. The molecule has 0 bridgehead atoms. The van der Waals surface area contributed by atoms with Crippen molar-refractivity contribution < 1.29 is 9.59 Å². The molecule has 43 heavy (non-hydrogen) atoms. The third-order valence-electron chi connectivity index (χ3n) is 10.5. The van der Waals surface area contributed by atoms with E-state index in [-0.39, 0.29) is 23.7 Å². The Morgan fingerprint density at radius 2 is 0.860 bits per heavy atom. The third-order valence-corrected chi connectivity index (χ3v) is 22.7. The van der Waals surface area contributed by atoms with Crippen molar-refractivity contribution in [2.75, 3.05) is 13.1 Å². The summed E-state index contributed by atoms with van der Waals surface area (Å²) in [7, 11) is -4.90. The maximum Gasteiger partial charge on any atom is 0.233 e. The second kappa shape index (κ2) is 11.8. The van der Waals surface area contributed by atoms with Gasteiger partial charge in [-0.2, -0.15) is 0 Å². The first-order chi connectivity index (χ1) is 21.2. The fraction of sp³-hybridized carbons (Fsp3) is 0.297. The van der Waals surface area contributed by atoms with Gasteiger partial charge in [0.15, 0.2) is 16.5 Å². The van der Waals surface area contributed by atoms with Crippen molar-refractivity contribution in [1.29, 1.82) is 0 Å². The van der Waals surface area contributed by atoms with Crippen molar-refractivity contribution in [2.24, 2.45) is 11.8 Å². The van der Waals surface area contributed by atoms with E-state index in [1.165, 1.54) is 20.7 Å². The van der Waals surface area contributed by atoms with Crippen LogP contribution in [0.1, 0.15) is 32.1 Å². The number of hydrogen-bond acceptors (Lipinski definition) is 3. The number of benzene rings is 4. The van der Waals surface area contributed by atoms with Crippen LogP contribution in [0.3, 0.4) is 0 Å². The highest BCUT2D eigenvalue weighted by Gasteiger charge is 2.60. The number of carbonyl (C=O) groups excluding carboxylic acids is 2. The molecule has 1 saturated carbocycles. The summed E-state index contributed by atoms with van der Waals surface area (Å²) < 4.78 is 2.99. The summed E-state index contributed by atoms with van der Waals surface area (Å²) >= 11 is 0. The molecule has 4 nitrogen and oxygen atoms in total. The van der Waals surface area contributed by atoms with Gasteiger partial charge in [-0.3, -0.25) is 14.5 Å².